The van der Waals surface area contributed by atoms with E-state index in [1.165, 1.54) is 5.06 Å². The maximum atomic E-state index is 12.3. The Balaban J connectivity index is 1.83. The lowest BCUT2D eigenvalue weighted by molar-refractivity contribution is -0.259. The molecule has 0 unspecified atom stereocenters. The molecule has 2 fully saturated rings. The van der Waals surface area contributed by atoms with Gasteiger partial charge in [0.1, 0.15) is 12.2 Å². The van der Waals surface area contributed by atoms with Crippen molar-refractivity contribution >= 4 is 11.9 Å². The van der Waals surface area contributed by atoms with Crippen molar-refractivity contribution in [1.82, 2.24) is 5.06 Å². The van der Waals surface area contributed by atoms with Crippen LogP contribution in [0.5, 0.6) is 0 Å². The molecule has 2 N–H and O–H groups in total. The minimum absolute atomic E-state index is 0.0234. The summed E-state index contributed by atoms with van der Waals surface area (Å²) in [6.45, 7) is 15.6. The number of aliphatic hydroxyl groups excluding tert-OH is 1. The van der Waals surface area contributed by atoms with Crippen LogP contribution in [0.2, 0.25) is 0 Å². The van der Waals surface area contributed by atoms with E-state index in [4.69, 9.17) is 9.47 Å². The predicted octanol–water partition coefficient (Wildman–Crippen LogP) is 3.84. The van der Waals surface area contributed by atoms with Crippen LogP contribution in [-0.4, -0.2) is 56.7 Å². The monoisotopic (exact) mass is 427 g/mol. The second-order valence-electron chi connectivity index (χ2n) is 11.9. The Bertz CT molecular complexity index is 562. The largest absolute Gasteiger partial charge is 0.462 e. The third-order valence-electron chi connectivity index (χ3n) is 6.72. The van der Waals surface area contributed by atoms with Crippen molar-refractivity contribution < 1.29 is 29.4 Å². The van der Waals surface area contributed by atoms with Gasteiger partial charge in [-0.3, -0.25) is 9.59 Å². The molecule has 1 saturated heterocycles. The molecule has 0 aromatic carbocycles. The number of piperidine rings is 1. The summed E-state index contributed by atoms with van der Waals surface area (Å²) in [7, 11) is 0. The van der Waals surface area contributed by atoms with E-state index in [-0.39, 0.29) is 35.9 Å². The second kappa shape index (κ2) is 8.40. The number of carbonyl (C=O) groups is 2. The molecular formula is C23H41NO6. The predicted molar refractivity (Wildman–Crippen MR) is 113 cm³/mol. The van der Waals surface area contributed by atoms with Crippen molar-refractivity contribution in [3.63, 3.8) is 0 Å². The molecule has 0 atom stereocenters. The number of hydrogen-bond acceptors (Lipinski definition) is 7. The van der Waals surface area contributed by atoms with Gasteiger partial charge in [0.05, 0.1) is 18.9 Å². The summed E-state index contributed by atoms with van der Waals surface area (Å²) in [5.41, 5.74) is -1.69. The third kappa shape index (κ3) is 5.74. The molecule has 0 aromatic rings. The van der Waals surface area contributed by atoms with Crippen LogP contribution in [0, 0.1) is 10.8 Å². The van der Waals surface area contributed by atoms with Gasteiger partial charge in [-0.1, -0.05) is 27.7 Å². The summed E-state index contributed by atoms with van der Waals surface area (Å²) in [4.78, 5) is 24.6. The number of hydrogen-bond donors (Lipinski definition) is 2. The van der Waals surface area contributed by atoms with E-state index in [2.05, 4.69) is 0 Å². The molecule has 1 aliphatic carbocycles. The molecule has 7 nitrogen and oxygen atoms in total. The van der Waals surface area contributed by atoms with Gasteiger partial charge in [0, 0.05) is 23.9 Å². The lowest BCUT2D eigenvalue weighted by atomic mass is 9.62. The molecule has 174 valence electrons. The van der Waals surface area contributed by atoms with E-state index in [0.717, 1.165) is 0 Å². The van der Waals surface area contributed by atoms with Crippen LogP contribution >= 0.6 is 0 Å². The van der Waals surface area contributed by atoms with Gasteiger partial charge in [0.15, 0.2) is 0 Å². The Morgan fingerprint density at radius 3 is 1.47 bits per heavy atom. The molecule has 7 heteroatoms. The van der Waals surface area contributed by atoms with Gasteiger partial charge in [0.2, 0.25) is 0 Å². The first-order chi connectivity index (χ1) is 13.5. The smallest absolute Gasteiger partial charge is 0.306 e. The maximum Gasteiger partial charge on any atom is 0.306 e. The van der Waals surface area contributed by atoms with Crippen molar-refractivity contribution in [2.45, 2.75) is 123 Å². The zero-order chi connectivity index (χ0) is 23.1. The number of hydroxylamine groups is 2. The standard InChI is InChI=1S/C23H41NO6/c1-20(2)11-15(12-21(3,4)19(20)27)29-17(25)9-10-18(26)30-16-13-22(5,6)24(28)23(7,8)14-16/h15-16,19,27-28H,9-14H2,1-8H3. The van der Waals surface area contributed by atoms with E-state index in [1.807, 2.05) is 55.4 Å². The van der Waals surface area contributed by atoms with Crippen molar-refractivity contribution in [2.75, 3.05) is 0 Å². The van der Waals surface area contributed by atoms with Crippen LogP contribution in [0.25, 0.3) is 0 Å². The first-order valence-electron chi connectivity index (χ1n) is 11.0. The Morgan fingerprint density at radius 1 is 0.767 bits per heavy atom. The Hall–Kier alpha value is -1.18. The lowest BCUT2D eigenvalue weighted by Gasteiger charge is -2.50. The van der Waals surface area contributed by atoms with Crippen LogP contribution in [0.4, 0.5) is 0 Å². The van der Waals surface area contributed by atoms with Gasteiger partial charge >= 0.3 is 11.9 Å². The number of rotatable bonds is 5. The van der Waals surface area contributed by atoms with Crippen molar-refractivity contribution in [1.29, 1.82) is 0 Å². The van der Waals surface area contributed by atoms with Crippen LogP contribution in [0.1, 0.15) is 93.9 Å². The normalized spacial score (nSPS) is 30.5. The summed E-state index contributed by atoms with van der Waals surface area (Å²) < 4.78 is 11.2. The number of esters is 2. The fourth-order valence-electron chi connectivity index (χ4n) is 5.57. The summed E-state index contributed by atoms with van der Waals surface area (Å²) in [5.74, 6) is -0.833. The van der Waals surface area contributed by atoms with E-state index in [0.29, 0.717) is 25.7 Å². The van der Waals surface area contributed by atoms with Gasteiger partial charge in [-0.05, 0) is 51.4 Å². The van der Waals surface area contributed by atoms with Gasteiger partial charge in [-0.25, -0.2) is 0 Å². The number of nitrogens with zero attached hydrogens (tertiary/aromatic N) is 1. The average Bonchev–Trinajstić information content (AvgIpc) is 2.54. The minimum Gasteiger partial charge on any atom is -0.462 e. The number of ether oxygens (including phenoxy) is 2. The van der Waals surface area contributed by atoms with Crippen LogP contribution < -0.4 is 0 Å². The molecule has 2 aliphatic rings. The Morgan fingerprint density at radius 2 is 1.10 bits per heavy atom. The van der Waals surface area contributed by atoms with Crippen molar-refractivity contribution in [2.24, 2.45) is 10.8 Å². The molecule has 0 spiro atoms. The minimum atomic E-state index is -0.503. The summed E-state index contributed by atoms with van der Waals surface area (Å²) >= 11 is 0. The van der Waals surface area contributed by atoms with E-state index in [9.17, 15) is 19.9 Å². The van der Waals surface area contributed by atoms with Crippen LogP contribution in [0.15, 0.2) is 0 Å². The fourth-order valence-corrected chi connectivity index (χ4v) is 5.57. The van der Waals surface area contributed by atoms with Crippen LogP contribution in [0.3, 0.4) is 0 Å². The highest BCUT2D eigenvalue weighted by molar-refractivity contribution is 5.77. The quantitative estimate of drug-likeness (QED) is 0.644. The first-order valence-corrected chi connectivity index (χ1v) is 11.0. The molecule has 2 rings (SSSR count). The van der Waals surface area contributed by atoms with Crippen LogP contribution in [-0.2, 0) is 19.1 Å². The summed E-state index contributed by atoms with van der Waals surface area (Å²) in [5, 5.41) is 22.2. The van der Waals surface area contributed by atoms with Gasteiger partial charge in [-0.15, -0.1) is 0 Å². The molecule has 1 heterocycles. The van der Waals surface area contributed by atoms with Crippen molar-refractivity contribution in [3.8, 4) is 0 Å². The molecule has 0 amide bonds. The zero-order valence-electron chi connectivity index (χ0n) is 19.9. The molecule has 0 radical (unpaired) electrons. The highest BCUT2D eigenvalue weighted by Crippen LogP contribution is 2.47. The van der Waals surface area contributed by atoms with E-state index < -0.39 is 29.1 Å². The highest BCUT2D eigenvalue weighted by Gasteiger charge is 2.48. The molecule has 0 aromatic heterocycles. The molecular weight excluding hydrogens is 386 g/mol. The number of carbonyl (C=O) groups excluding carboxylic acids is 2. The topological polar surface area (TPSA) is 96.3 Å². The average molecular weight is 428 g/mol. The highest BCUT2D eigenvalue weighted by atomic mass is 16.6. The maximum absolute atomic E-state index is 12.3. The first kappa shape index (κ1) is 25.1. The molecule has 30 heavy (non-hydrogen) atoms. The zero-order valence-corrected chi connectivity index (χ0v) is 19.9. The molecule has 0 bridgehead atoms. The van der Waals surface area contributed by atoms with E-state index >= 15 is 0 Å². The van der Waals surface area contributed by atoms with Gasteiger partial charge in [0.25, 0.3) is 0 Å². The van der Waals surface area contributed by atoms with Gasteiger partial charge in [-0.2, -0.15) is 5.06 Å². The number of aliphatic hydroxyl groups is 1. The summed E-state index contributed by atoms with van der Waals surface area (Å²) in [6.07, 6.45) is 1.16. The molecule has 1 saturated carbocycles. The van der Waals surface area contributed by atoms with Gasteiger partial charge < -0.3 is 19.8 Å². The Labute approximate surface area is 181 Å². The SMILES string of the molecule is CC1(C)CC(OC(=O)CCC(=O)OC2CC(C)(C)N(O)C(C)(C)C2)CC(C)(C)C1O. The second-order valence-corrected chi connectivity index (χ2v) is 11.9. The fraction of sp³-hybridized carbons (Fsp3) is 0.913. The summed E-state index contributed by atoms with van der Waals surface area (Å²) in [6, 6.07) is 0. The van der Waals surface area contributed by atoms with E-state index in [1.54, 1.807) is 0 Å². The molecule has 1 aliphatic heterocycles. The lowest BCUT2D eigenvalue weighted by Crippen LogP contribution is -2.60. The third-order valence-corrected chi connectivity index (χ3v) is 6.72. The van der Waals surface area contributed by atoms with Crippen molar-refractivity contribution in [3.05, 3.63) is 0 Å². The Kier molecular flexibility index (Phi) is 7.02.